The molecule has 0 aliphatic carbocycles. The molecule has 2 heterocycles. The molecule has 4 rings (SSSR count). The van der Waals surface area contributed by atoms with Gasteiger partial charge >= 0.3 is 5.97 Å². The van der Waals surface area contributed by atoms with Crippen LogP contribution >= 0.6 is 0 Å². The van der Waals surface area contributed by atoms with E-state index < -0.39 is 18.4 Å². The second kappa shape index (κ2) is 13.5. The number of likely N-dealkylation sites (tertiary alicyclic amines) is 1. The summed E-state index contributed by atoms with van der Waals surface area (Å²) in [5.41, 5.74) is 3.63. The SMILES string of the molecule is CC(=O)O[C@@H](C)C(=O)NCc1ccc(C2O[C@H](CN3CCC[C@H]3CO)[C@H](C)[C@H](c3ccc(CO)cc3)O2)cc1. The van der Waals surface area contributed by atoms with E-state index in [4.69, 9.17) is 14.2 Å². The third-order valence-electron chi connectivity index (χ3n) is 7.68. The normalized spacial score (nSPS) is 26.2. The van der Waals surface area contributed by atoms with Crippen LogP contribution in [0.15, 0.2) is 48.5 Å². The van der Waals surface area contributed by atoms with Gasteiger partial charge in [0.2, 0.25) is 0 Å². The monoisotopic (exact) mass is 540 g/mol. The maximum atomic E-state index is 12.2. The maximum absolute atomic E-state index is 12.2. The molecule has 6 atom stereocenters. The molecule has 3 N–H and O–H groups in total. The molecule has 2 fully saturated rings. The first-order chi connectivity index (χ1) is 18.8. The first-order valence-corrected chi connectivity index (χ1v) is 13.7. The van der Waals surface area contributed by atoms with Gasteiger partial charge in [0.25, 0.3) is 5.91 Å². The van der Waals surface area contributed by atoms with Gasteiger partial charge in [-0.05, 0) is 43.0 Å². The number of hydrogen-bond donors (Lipinski definition) is 3. The quantitative estimate of drug-likeness (QED) is 0.394. The molecule has 0 saturated carbocycles. The summed E-state index contributed by atoms with van der Waals surface area (Å²) in [6.07, 6.45) is 0.293. The third kappa shape index (κ3) is 7.43. The number of rotatable bonds is 10. The summed E-state index contributed by atoms with van der Waals surface area (Å²) >= 11 is 0. The number of aliphatic hydroxyl groups excluding tert-OH is 2. The number of amides is 1. The molecule has 0 bridgehead atoms. The van der Waals surface area contributed by atoms with Gasteiger partial charge in [-0.25, -0.2) is 0 Å². The fourth-order valence-electron chi connectivity index (χ4n) is 5.33. The Morgan fingerprint density at radius 3 is 2.36 bits per heavy atom. The van der Waals surface area contributed by atoms with Crippen LogP contribution in [-0.2, 0) is 37.0 Å². The van der Waals surface area contributed by atoms with E-state index in [0.717, 1.165) is 41.6 Å². The predicted octanol–water partition coefficient (Wildman–Crippen LogP) is 2.99. The Balaban J connectivity index is 1.48. The fourth-order valence-corrected chi connectivity index (χ4v) is 5.33. The zero-order valence-corrected chi connectivity index (χ0v) is 22.9. The summed E-state index contributed by atoms with van der Waals surface area (Å²) < 4.78 is 18.0. The van der Waals surface area contributed by atoms with E-state index in [1.54, 1.807) is 0 Å². The first kappa shape index (κ1) is 29.2. The number of nitrogens with zero attached hydrogens (tertiary/aromatic N) is 1. The number of hydrogen-bond acceptors (Lipinski definition) is 8. The Hall–Kier alpha value is -2.82. The van der Waals surface area contributed by atoms with Crippen LogP contribution < -0.4 is 5.32 Å². The molecule has 0 spiro atoms. The van der Waals surface area contributed by atoms with Crippen LogP contribution in [0.2, 0.25) is 0 Å². The van der Waals surface area contributed by atoms with E-state index >= 15 is 0 Å². The van der Waals surface area contributed by atoms with Crippen molar-refractivity contribution in [1.82, 2.24) is 10.2 Å². The zero-order chi connectivity index (χ0) is 27.9. The number of benzene rings is 2. The van der Waals surface area contributed by atoms with Crippen molar-refractivity contribution >= 4 is 11.9 Å². The summed E-state index contributed by atoms with van der Waals surface area (Å²) in [6, 6.07) is 15.7. The van der Waals surface area contributed by atoms with Crippen LogP contribution in [0.25, 0.3) is 0 Å². The van der Waals surface area contributed by atoms with E-state index in [9.17, 15) is 19.8 Å². The van der Waals surface area contributed by atoms with Crippen molar-refractivity contribution in [1.29, 1.82) is 0 Å². The van der Waals surface area contributed by atoms with Crippen molar-refractivity contribution in [2.75, 3.05) is 19.7 Å². The summed E-state index contributed by atoms with van der Waals surface area (Å²) in [7, 11) is 0. The van der Waals surface area contributed by atoms with E-state index in [1.807, 2.05) is 48.5 Å². The highest BCUT2D eigenvalue weighted by Gasteiger charge is 2.40. The van der Waals surface area contributed by atoms with Gasteiger partial charge in [-0.2, -0.15) is 0 Å². The molecule has 0 radical (unpaired) electrons. The minimum atomic E-state index is -0.853. The molecular formula is C30H40N2O7. The lowest BCUT2D eigenvalue weighted by atomic mass is 9.90. The number of aliphatic hydroxyl groups is 2. The number of nitrogens with one attached hydrogen (secondary N) is 1. The van der Waals surface area contributed by atoms with E-state index in [2.05, 4.69) is 17.1 Å². The minimum Gasteiger partial charge on any atom is -0.453 e. The smallest absolute Gasteiger partial charge is 0.303 e. The molecule has 212 valence electrons. The average molecular weight is 541 g/mol. The van der Waals surface area contributed by atoms with E-state index in [1.165, 1.54) is 13.8 Å². The Morgan fingerprint density at radius 2 is 1.72 bits per heavy atom. The lowest BCUT2D eigenvalue weighted by molar-refractivity contribution is -0.276. The van der Waals surface area contributed by atoms with Gasteiger partial charge in [-0.1, -0.05) is 55.5 Å². The first-order valence-electron chi connectivity index (χ1n) is 13.7. The molecule has 2 aliphatic heterocycles. The van der Waals surface area contributed by atoms with Crippen molar-refractivity contribution in [2.45, 2.75) is 77.4 Å². The molecule has 2 aromatic carbocycles. The fraction of sp³-hybridized carbons (Fsp3) is 0.533. The molecule has 0 aromatic heterocycles. The lowest BCUT2D eigenvalue weighted by Crippen LogP contribution is -2.46. The summed E-state index contributed by atoms with van der Waals surface area (Å²) in [5, 5.41) is 22.1. The second-order valence-corrected chi connectivity index (χ2v) is 10.5. The highest BCUT2D eigenvalue weighted by Crippen LogP contribution is 2.42. The molecular weight excluding hydrogens is 500 g/mol. The van der Waals surface area contributed by atoms with Gasteiger partial charge in [0.15, 0.2) is 12.4 Å². The number of ether oxygens (including phenoxy) is 3. The molecule has 2 aliphatic rings. The van der Waals surface area contributed by atoms with Crippen LogP contribution in [-0.4, -0.2) is 64.9 Å². The van der Waals surface area contributed by atoms with Crippen LogP contribution in [0.3, 0.4) is 0 Å². The molecule has 1 unspecified atom stereocenters. The Labute approximate surface area is 230 Å². The average Bonchev–Trinajstić information content (AvgIpc) is 3.40. The number of carbonyl (C=O) groups is 2. The van der Waals surface area contributed by atoms with Crippen molar-refractivity contribution in [3.05, 3.63) is 70.8 Å². The molecule has 39 heavy (non-hydrogen) atoms. The highest BCUT2D eigenvalue weighted by molar-refractivity contribution is 5.82. The van der Waals surface area contributed by atoms with Crippen molar-refractivity contribution < 1.29 is 34.0 Å². The van der Waals surface area contributed by atoms with Gasteiger partial charge < -0.3 is 29.7 Å². The maximum Gasteiger partial charge on any atom is 0.303 e. The van der Waals surface area contributed by atoms with Crippen LogP contribution in [0.5, 0.6) is 0 Å². The second-order valence-electron chi connectivity index (χ2n) is 10.5. The van der Waals surface area contributed by atoms with E-state index in [-0.39, 0.29) is 43.3 Å². The molecule has 9 nitrogen and oxygen atoms in total. The zero-order valence-electron chi connectivity index (χ0n) is 22.9. The Kier molecular flexibility index (Phi) is 10.1. The van der Waals surface area contributed by atoms with Crippen LogP contribution in [0.4, 0.5) is 0 Å². The molecule has 2 saturated heterocycles. The summed E-state index contributed by atoms with van der Waals surface area (Å²) in [4.78, 5) is 25.6. The standard InChI is InChI=1S/C30H40N2O7/c1-19-27(16-32-14-4-5-26(32)18-34)38-30(39-28(19)24-10-8-23(17-33)9-11-24)25-12-6-22(7-13-25)15-31-29(36)20(2)37-21(3)35/h6-13,19-20,26-28,30,33-34H,4-5,14-18H2,1-3H3,(H,31,36)/t19-,20-,26-,27+,28+,30?/m0/s1. The molecule has 1 amide bonds. The Morgan fingerprint density at radius 1 is 1.05 bits per heavy atom. The van der Waals surface area contributed by atoms with Gasteiger partial charge in [-0.3, -0.25) is 14.5 Å². The lowest BCUT2D eigenvalue weighted by Gasteiger charge is -2.43. The number of esters is 1. The largest absolute Gasteiger partial charge is 0.453 e. The van der Waals surface area contributed by atoms with Crippen LogP contribution in [0, 0.1) is 5.92 Å². The summed E-state index contributed by atoms with van der Waals surface area (Å²) in [5.74, 6) is -0.792. The van der Waals surface area contributed by atoms with Gasteiger partial charge in [0, 0.05) is 37.5 Å². The van der Waals surface area contributed by atoms with Gasteiger partial charge in [-0.15, -0.1) is 0 Å². The highest BCUT2D eigenvalue weighted by atomic mass is 16.7. The number of carbonyl (C=O) groups excluding carboxylic acids is 2. The Bertz CT molecular complexity index is 1090. The third-order valence-corrected chi connectivity index (χ3v) is 7.68. The molecule has 9 heteroatoms. The van der Waals surface area contributed by atoms with E-state index in [0.29, 0.717) is 13.1 Å². The topological polar surface area (TPSA) is 118 Å². The van der Waals surface area contributed by atoms with Crippen molar-refractivity contribution in [3.63, 3.8) is 0 Å². The van der Waals surface area contributed by atoms with Crippen molar-refractivity contribution in [3.8, 4) is 0 Å². The summed E-state index contributed by atoms with van der Waals surface area (Å²) in [6.45, 7) is 7.03. The van der Waals surface area contributed by atoms with Crippen molar-refractivity contribution in [2.24, 2.45) is 5.92 Å². The molecule has 2 aromatic rings. The van der Waals surface area contributed by atoms with Gasteiger partial charge in [0.05, 0.1) is 25.4 Å². The minimum absolute atomic E-state index is 0.0112. The predicted molar refractivity (Wildman–Crippen MR) is 144 cm³/mol. The van der Waals surface area contributed by atoms with Gasteiger partial charge in [0.1, 0.15) is 0 Å². The van der Waals surface area contributed by atoms with Crippen LogP contribution in [0.1, 0.15) is 68.3 Å².